The van der Waals surface area contributed by atoms with Crippen LogP contribution in [0.25, 0.3) is 0 Å². The quantitative estimate of drug-likeness (QED) is 0.212. The highest BCUT2D eigenvalue weighted by atomic mass is 16.4. The number of nitrogens with two attached hydrogens (primary N) is 1. The maximum Gasteiger partial charge on any atom is 0.323 e. The first-order valence-electron chi connectivity index (χ1n) is 9.48. The number of rotatable bonds is 7. The summed E-state index contributed by atoms with van der Waals surface area (Å²) in [6.45, 7) is -0.113. The fraction of sp³-hybridized carbons (Fsp3) is 0.647. The number of hydrogen-bond donors (Lipinski definition) is 5. The minimum atomic E-state index is -1.32. The molecule has 0 bridgehead atoms. The standard InChI is InChI=1S/C17H26N6O7/c18-17(19)21-3-1-10(2-4-21)15(29)20-8-12(24)23-6-5-22(9-14(27)28)16(30)11(23)7-13(25)26/h10-11H,1-9H2,(H3,18,19)(H,20,29)(H,25,26)(H,27,28). The molecule has 2 aliphatic rings. The van der Waals surface area contributed by atoms with Gasteiger partial charge in [-0.1, -0.05) is 0 Å². The van der Waals surface area contributed by atoms with Crippen molar-refractivity contribution in [3.63, 3.8) is 0 Å². The highest BCUT2D eigenvalue weighted by Crippen LogP contribution is 2.18. The molecule has 0 spiro atoms. The van der Waals surface area contributed by atoms with Crippen molar-refractivity contribution in [2.75, 3.05) is 39.3 Å². The topological polar surface area (TPSA) is 197 Å². The van der Waals surface area contributed by atoms with E-state index in [2.05, 4.69) is 5.32 Å². The number of aliphatic carboxylic acids is 2. The van der Waals surface area contributed by atoms with Crippen molar-refractivity contribution < 1.29 is 34.2 Å². The number of nitrogens with zero attached hydrogens (tertiary/aromatic N) is 3. The lowest BCUT2D eigenvalue weighted by atomic mass is 9.96. The molecule has 2 heterocycles. The maximum atomic E-state index is 12.6. The van der Waals surface area contributed by atoms with Crippen molar-refractivity contribution in [2.24, 2.45) is 11.7 Å². The van der Waals surface area contributed by atoms with Crippen molar-refractivity contribution in [1.29, 1.82) is 5.41 Å². The van der Waals surface area contributed by atoms with Crippen LogP contribution >= 0.6 is 0 Å². The summed E-state index contributed by atoms with van der Waals surface area (Å²) in [6, 6.07) is -1.32. The molecule has 0 radical (unpaired) electrons. The summed E-state index contributed by atoms with van der Waals surface area (Å²) in [6.07, 6.45) is 0.305. The monoisotopic (exact) mass is 426 g/mol. The number of carbonyl (C=O) groups excluding carboxylic acids is 3. The molecule has 166 valence electrons. The van der Waals surface area contributed by atoms with Crippen molar-refractivity contribution in [1.82, 2.24) is 20.0 Å². The normalized spacial score (nSPS) is 20.1. The third kappa shape index (κ3) is 5.81. The molecular weight excluding hydrogens is 400 g/mol. The first-order chi connectivity index (χ1) is 14.1. The molecule has 3 amide bonds. The lowest BCUT2D eigenvalue weighted by Gasteiger charge is -2.39. The van der Waals surface area contributed by atoms with Crippen LogP contribution in [0.3, 0.4) is 0 Å². The summed E-state index contributed by atoms with van der Waals surface area (Å²) in [5.41, 5.74) is 5.42. The summed E-state index contributed by atoms with van der Waals surface area (Å²) in [4.78, 5) is 63.1. The van der Waals surface area contributed by atoms with Gasteiger partial charge >= 0.3 is 11.9 Å². The first-order valence-corrected chi connectivity index (χ1v) is 9.48. The molecule has 2 saturated heterocycles. The summed E-state index contributed by atoms with van der Waals surface area (Å²) >= 11 is 0. The van der Waals surface area contributed by atoms with Gasteiger partial charge in [0, 0.05) is 32.1 Å². The number of carboxylic acids is 2. The van der Waals surface area contributed by atoms with E-state index >= 15 is 0 Å². The second-order valence-corrected chi connectivity index (χ2v) is 7.22. The molecule has 1 unspecified atom stereocenters. The second kappa shape index (κ2) is 9.89. The van der Waals surface area contributed by atoms with Crippen molar-refractivity contribution in [3.05, 3.63) is 0 Å². The lowest BCUT2D eigenvalue weighted by molar-refractivity contribution is -0.158. The minimum absolute atomic E-state index is 0.0251. The van der Waals surface area contributed by atoms with Crippen molar-refractivity contribution in [3.8, 4) is 0 Å². The number of carboxylic acid groups (broad SMARTS) is 2. The second-order valence-electron chi connectivity index (χ2n) is 7.22. The molecule has 0 saturated carbocycles. The molecule has 0 aromatic carbocycles. The van der Waals surface area contributed by atoms with E-state index in [1.165, 1.54) is 0 Å². The summed E-state index contributed by atoms with van der Waals surface area (Å²) < 4.78 is 0. The van der Waals surface area contributed by atoms with E-state index in [-0.39, 0.29) is 30.9 Å². The third-order valence-corrected chi connectivity index (χ3v) is 5.22. The van der Waals surface area contributed by atoms with Gasteiger partial charge in [-0.25, -0.2) is 0 Å². The molecule has 30 heavy (non-hydrogen) atoms. The highest BCUT2D eigenvalue weighted by molar-refractivity contribution is 5.94. The summed E-state index contributed by atoms with van der Waals surface area (Å²) in [7, 11) is 0. The highest BCUT2D eigenvalue weighted by Gasteiger charge is 2.39. The molecule has 6 N–H and O–H groups in total. The summed E-state index contributed by atoms with van der Waals surface area (Å²) in [5, 5.41) is 27.9. The zero-order chi connectivity index (χ0) is 22.4. The predicted molar refractivity (Wildman–Crippen MR) is 101 cm³/mol. The van der Waals surface area contributed by atoms with Gasteiger partial charge in [0.2, 0.25) is 17.7 Å². The Morgan fingerprint density at radius 2 is 1.70 bits per heavy atom. The Morgan fingerprint density at radius 3 is 2.23 bits per heavy atom. The Morgan fingerprint density at radius 1 is 1.07 bits per heavy atom. The van der Waals surface area contributed by atoms with E-state index in [4.69, 9.17) is 21.4 Å². The predicted octanol–water partition coefficient (Wildman–Crippen LogP) is -2.69. The van der Waals surface area contributed by atoms with Gasteiger partial charge in [0.25, 0.3) is 0 Å². The van der Waals surface area contributed by atoms with E-state index in [1.807, 2.05) is 0 Å². The number of carbonyl (C=O) groups is 5. The van der Waals surface area contributed by atoms with E-state index in [9.17, 15) is 24.0 Å². The molecule has 2 rings (SSSR count). The maximum absolute atomic E-state index is 12.6. The molecule has 0 aromatic rings. The fourth-order valence-corrected chi connectivity index (χ4v) is 3.61. The largest absolute Gasteiger partial charge is 0.481 e. The van der Waals surface area contributed by atoms with E-state index < -0.39 is 49.3 Å². The van der Waals surface area contributed by atoms with Crippen LogP contribution in [-0.2, 0) is 24.0 Å². The van der Waals surface area contributed by atoms with Gasteiger partial charge in [-0.2, -0.15) is 0 Å². The molecule has 0 aromatic heterocycles. The molecular formula is C17H26N6O7. The van der Waals surface area contributed by atoms with Crippen molar-refractivity contribution >= 4 is 35.6 Å². The van der Waals surface area contributed by atoms with Gasteiger partial charge in [-0.15, -0.1) is 0 Å². The molecule has 2 fully saturated rings. The zero-order valence-corrected chi connectivity index (χ0v) is 16.4. The lowest BCUT2D eigenvalue weighted by Crippen LogP contribution is -2.61. The van der Waals surface area contributed by atoms with Crippen LogP contribution in [0, 0.1) is 11.3 Å². The van der Waals surface area contributed by atoms with E-state index in [0.717, 1.165) is 9.80 Å². The van der Waals surface area contributed by atoms with Crippen LogP contribution in [0.2, 0.25) is 0 Å². The van der Waals surface area contributed by atoms with Gasteiger partial charge in [0.15, 0.2) is 5.96 Å². The Labute approximate surface area is 172 Å². The number of likely N-dealkylation sites (tertiary alicyclic amines) is 1. The molecule has 1 atom stereocenters. The zero-order valence-electron chi connectivity index (χ0n) is 16.4. The number of nitrogens with one attached hydrogen (secondary N) is 2. The van der Waals surface area contributed by atoms with Crippen LogP contribution in [0.5, 0.6) is 0 Å². The number of piperazine rings is 1. The van der Waals surface area contributed by atoms with Crippen LogP contribution < -0.4 is 11.1 Å². The average Bonchev–Trinajstić information content (AvgIpc) is 2.68. The van der Waals surface area contributed by atoms with Gasteiger partial charge in [-0.05, 0) is 12.8 Å². The average molecular weight is 426 g/mol. The van der Waals surface area contributed by atoms with Crippen LogP contribution in [0.4, 0.5) is 0 Å². The molecule has 0 aliphatic carbocycles. The van der Waals surface area contributed by atoms with Gasteiger partial charge in [0.05, 0.1) is 13.0 Å². The SMILES string of the molecule is N=C(N)N1CCC(C(=O)NCC(=O)N2CCN(CC(=O)O)C(=O)C2CC(=O)O)CC1. The molecule has 13 heteroatoms. The smallest absolute Gasteiger partial charge is 0.323 e. The first kappa shape index (κ1) is 22.9. The van der Waals surface area contributed by atoms with E-state index in [1.54, 1.807) is 4.90 Å². The Bertz CT molecular complexity index is 734. The number of guanidine groups is 1. The summed E-state index contributed by atoms with van der Waals surface area (Å²) in [5.74, 6) is -4.62. The molecule has 2 aliphatic heterocycles. The molecule has 13 nitrogen and oxygen atoms in total. The van der Waals surface area contributed by atoms with E-state index in [0.29, 0.717) is 25.9 Å². The minimum Gasteiger partial charge on any atom is -0.481 e. The number of hydrogen-bond acceptors (Lipinski definition) is 6. The number of piperidine rings is 1. The van der Waals surface area contributed by atoms with Crippen LogP contribution in [-0.4, -0.2) is 106 Å². The Hall–Kier alpha value is -3.38. The van der Waals surface area contributed by atoms with Gasteiger partial charge < -0.3 is 36.0 Å². The number of amides is 3. The fourth-order valence-electron chi connectivity index (χ4n) is 3.61. The van der Waals surface area contributed by atoms with Crippen LogP contribution in [0.1, 0.15) is 19.3 Å². The third-order valence-electron chi connectivity index (χ3n) is 5.22. The van der Waals surface area contributed by atoms with Crippen molar-refractivity contribution in [2.45, 2.75) is 25.3 Å². The Kier molecular flexibility index (Phi) is 7.55. The van der Waals surface area contributed by atoms with Crippen LogP contribution in [0.15, 0.2) is 0 Å². The van der Waals surface area contributed by atoms with Gasteiger partial charge in [0.1, 0.15) is 12.6 Å². The Balaban J connectivity index is 1.93. The van der Waals surface area contributed by atoms with Gasteiger partial charge in [-0.3, -0.25) is 29.4 Å².